The Morgan fingerprint density at radius 2 is 2.33 bits per heavy atom. The van der Waals surface area contributed by atoms with Crippen LogP contribution in [0, 0.1) is 5.92 Å². The van der Waals surface area contributed by atoms with E-state index in [1.807, 2.05) is 6.92 Å². The van der Waals surface area contributed by atoms with Gasteiger partial charge in [-0.2, -0.15) is 5.10 Å². The Labute approximate surface area is 70.4 Å². The van der Waals surface area contributed by atoms with Crippen LogP contribution in [0.15, 0.2) is 4.79 Å². The molecule has 0 bridgehead atoms. The van der Waals surface area contributed by atoms with Gasteiger partial charge in [0.2, 0.25) is 0 Å². The minimum absolute atomic E-state index is 0.186. The maximum absolute atomic E-state index is 10.7. The Kier molecular flexibility index (Phi) is 2.65. The molecule has 0 aromatic carbocycles. The number of aromatic amines is 2. The van der Waals surface area contributed by atoms with Crippen LogP contribution in [-0.2, 0) is 0 Å². The molecule has 1 rings (SSSR count). The number of hydrogen-bond acceptors (Lipinski definition) is 3. The minimum atomic E-state index is -0.302. The lowest BCUT2D eigenvalue weighted by Crippen LogP contribution is -2.20. The Morgan fingerprint density at radius 1 is 1.67 bits per heavy atom. The van der Waals surface area contributed by atoms with Crippen LogP contribution < -0.4 is 11.4 Å². The first-order valence-electron chi connectivity index (χ1n) is 4.05. The van der Waals surface area contributed by atoms with Crippen LogP contribution in [0.25, 0.3) is 0 Å². The smallest absolute Gasteiger partial charge is 0.321 e. The van der Waals surface area contributed by atoms with Crippen molar-refractivity contribution >= 4 is 0 Å². The molecular formula is C7H14N4O. The molecule has 68 valence electrons. The van der Waals surface area contributed by atoms with Gasteiger partial charge in [-0.1, -0.05) is 20.3 Å². The molecule has 5 heteroatoms. The van der Waals surface area contributed by atoms with Crippen molar-refractivity contribution in [1.82, 2.24) is 15.2 Å². The van der Waals surface area contributed by atoms with E-state index in [0.29, 0.717) is 11.7 Å². The lowest BCUT2D eigenvalue weighted by molar-refractivity contribution is 0.440. The molecule has 0 spiro atoms. The number of rotatable bonds is 3. The number of hydrogen-bond donors (Lipinski definition) is 3. The molecule has 2 unspecified atom stereocenters. The molecule has 2 atom stereocenters. The molecule has 0 aliphatic heterocycles. The third kappa shape index (κ3) is 1.73. The summed E-state index contributed by atoms with van der Waals surface area (Å²) >= 11 is 0. The van der Waals surface area contributed by atoms with E-state index >= 15 is 0 Å². The second kappa shape index (κ2) is 3.53. The van der Waals surface area contributed by atoms with Crippen molar-refractivity contribution in [3.63, 3.8) is 0 Å². The summed E-state index contributed by atoms with van der Waals surface area (Å²) in [6.45, 7) is 4.08. The topological polar surface area (TPSA) is 87.6 Å². The fraction of sp³-hybridized carbons (Fsp3) is 0.714. The summed E-state index contributed by atoms with van der Waals surface area (Å²) in [7, 11) is 0. The van der Waals surface area contributed by atoms with Crippen molar-refractivity contribution in [2.75, 3.05) is 0 Å². The highest BCUT2D eigenvalue weighted by molar-refractivity contribution is 4.91. The first-order valence-corrected chi connectivity index (χ1v) is 4.05. The Morgan fingerprint density at radius 3 is 2.75 bits per heavy atom. The average molecular weight is 170 g/mol. The zero-order valence-electron chi connectivity index (χ0n) is 7.29. The first kappa shape index (κ1) is 8.99. The van der Waals surface area contributed by atoms with Gasteiger partial charge in [0.1, 0.15) is 5.82 Å². The van der Waals surface area contributed by atoms with Crippen LogP contribution in [0.4, 0.5) is 0 Å². The van der Waals surface area contributed by atoms with Gasteiger partial charge in [-0.3, -0.25) is 4.98 Å². The molecule has 12 heavy (non-hydrogen) atoms. The normalized spacial score (nSPS) is 15.9. The van der Waals surface area contributed by atoms with Gasteiger partial charge in [-0.15, -0.1) is 0 Å². The van der Waals surface area contributed by atoms with Crippen LogP contribution in [0.1, 0.15) is 32.1 Å². The van der Waals surface area contributed by atoms with E-state index in [2.05, 4.69) is 22.1 Å². The van der Waals surface area contributed by atoms with E-state index in [-0.39, 0.29) is 11.7 Å². The molecule has 1 aromatic rings. The fourth-order valence-corrected chi connectivity index (χ4v) is 0.965. The number of aromatic nitrogens is 3. The lowest BCUT2D eigenvalue weighted by atomic mass is 10.00. The molecule has 4 N–H and O–H groups in total. The van der Waals surface area contributed by atoms with Crippen molar-refractivity contribution in [3.8, 4) is 0 Å². The van der Waals surface area contributed by atoms with Crippen molar-refractivity contribution < 1.29 is 0 Å². The van der Waals surface area contributed by atoms with Crippen LogP contribution in [0.5, 0.6) is 0 Å². The maximum Gasteiger partial charge on any atom is 0.340 e. The van der Waals surface area contributed by atoms with Crippen molar-refractivity contribution in [2.24, 2.45) is 11.7 Å². The van der Waals surface area contributed by atoms with Crippen molar-refractivity contribution in [3.05, 3.63) is 16.3 Å². The zero-order valence-corrected chi connectivity index (χ0v) is 7.29. The number of nitrogens with two attached hydrogens (primary N) is 1. The van der Waals surface area contributed by atoms with Crippen LogP contribution in [-0.4, -0.2) is 15.2 Å². The summed E-state index contributed by atoms with van der Waals surface area (Å²) in [5.74, 6) is 0.860. The molecule has 0 aliphatic carbocycles. The molecule has 0 saturated heterocycles. The summed E-state index contributed by atoms with van der Waals surface area (Å²) < 4.78 is 0. The number of nitrogens with zero attached hydrogens (tertiary/aromatic N) is 1. The summed E-state index contributed by atoms with van der Waals surface area (Å²) in [5.41, 5.74) is 5.51. The molecule has 0 fully saturated rings. The van der Waals surface area contributed by atoms with Gasteiger partial charge in [0, 0.05) is 0 Å². The van der Waals surface area contributed by atoms with E-state index in [1.165, 1.54) is 0 Å². The SMILES string of the molecule is CCC(C)C(N)c1n[nH]c(=O)[nH]1. The molecule has 1 heterocycles. The van der Waals surface area contributed by atoms with E-state index in [0.717, 1.165) is 6.42 Å². The Balaban J connectivity index is 2.77. The predicted molar refractivity (Wildman–Crippen MR) is 45.6 cm³/mol. The highest BCUT2D eigenvalue weighted by atomic mass is 16.1. The molecule has 0 amide bonds. The van der Waals surface area contributed by atoms with Gasteiger partial charge in [-0.05, 0) is 5.92 Å². The monoisotopic (exact) mass is 170 g/mol. The molecule has 0 saturated carbocycles. The van der Waals surface area contributed by atoms with E-state index in [4.69, 9.17) is 5.73 Å². The van der Waals surface area contributed by atoms with Crippen LogP contribution in [0.2, 0.25) is 0 Å². The zero-order chi connectivity index (χ0) is 9.14. The van der Waals surface area contributed by atoms with Gasteiger partial charge in [0.15, 0.2) is 0 Å². The standard InChI is InChI=1S/C7H14N4O/c1-3-4(2)5(8)6-9-7(12)11-10-6/h4-5H,3,8H2,1-2H3,(H2,9,10,11,12). The van der Waals surface area contributed by atoms with Crippen molar-refractivity contribution in [1.29, 1.82) is 0 Å². The highest BCUT2D eigenvalue weighted by Crippen LogP contribution is 2.16. The van der Waals surface area contributed by atoms with Gasteiger partial charge in [0.25, 0.3) is 0 Å². The van der Waals surface area contributed by atoms with Gasteiger partial charge in [0.05, 0.1) is 6.04 Å². The summed E-state index contributed by atoms with van der Waals surface area (Å²) in [5, 5.41) is 6.05. The van der Waals surface area contributed by atoms with E-state index < -0.39 is 0 Å². The highest BCUT2D eigenvalue weighted by Gasteiger charge is 2.15. The quantitative estimate of drug-likeness (QED) is 0.603. The number of nitrogens with one attached hydrogen (secondary N) is 2. The van der Waals surface area contributed by atoms with Gasteiger partial charge in [-0.25, -0.2) is 9.89 Å². The second-order valence-corrected chi connectivity index (χ2v) is 2.97. The third-order valence-corrected chi connectivity index (χ3v) is 2.09. The minimum Gasteiger partial charge on any atom is -0.321 e. The molecular weight excluding hydrogens is 156 g/mol. The third-order valence-electron chi connectivity index (χ3n) is 2.09. The molecule has 0 radical (unpaired) electrons. The Bertz CT molecular complexity index is 290. The van der Waals surface area contributed by atoms with Crippen LogP contribution >= 0.6 is 0 Å². The second-order valence-electron chi connectivity index (χ2n) is 2.97. The van der Waals surface area contributed by atoms with Crippen molar-refractivity contribution in [2.45, 2.75) is 26.3 Å². The average Bonchev–Trinajstić information content (AvgIpc) is 2.49. The van der Waals surface area contributed by atoms with Gasteiger partial charge < -0.3 is 5.73 Å². The largest absolute Gasteiger partial charge is 0.340 e. The predicted octanol–water partition coefficient (Wildman–Crippen LogP) is 0.144. The first-order chi connectivity index (χ1) is 5.65. The lowest BCUT2D eigenvalue weighted by Gasteiger charge is -2.14. The van der Waals surface area contributed by atoms with Crippen LogP contribution in [0.3, 0.4) is 0 Å². The molecule has 5 nitrogen and oxygen atoms in total. The summed E-state index contributed by atoms with van der Waals surface area (Å²) in [6.07, 6.45) is 0.968. The summed E-state index contributed by atoms with van der Waals surface area (Å²) in [4.78, 5) is 13.2. The molecule has 1 aromatic heterocycles. The summed E-state index contributed by atoms with van der Waals surface area (Å²) in [6, 6.07) is -0.186. The molecule has 0 aliphatic rings. The number of H-pyrrole nitrogens is 2. The fourth-order valence-electron chi connectivity index (χ4n) is 0.965. The van der Waals surface area contributed by atoms with E-state index in [9.17, 15) is 4.79 Å². The Hall–Kier alpha value is -1.10. The van der Waals surface area contributed by atoms with Gasteiger partial charge >= 0.3 is 5.69 Å². The van der Waals surface area contributed by atoms with E-state index in [1.54, 1.807) is 0 Å². The maximum atomic E-state index is 10.7.